The number of ether oxygens (including phenoxy) is 2. The summed E-state index contributed by atoms with van der Waals surface area (Å²) in [7, 11) is 1.73. The largest absolute Gasteiger partial charge is 0.396 e. The lowest BCUT2D eigenvalue weighted by molar-refractivity contribution is -0.183. The highest BCUT2D eigenvalue weighted by molar-refractivity contribution is 5.30. The van der Waals surface area contributed by atoms with Crippen LogP contribution in [0.1, 0.15) is 92.4 Å². The first-order valence-electron chi connectivity index (χ1n) is 14.7. The monoisotopic (exact) mass is 502 g/mol. The Morgan fingerprint density at radius 2 is 1.56 bits per heavy atom. The van der Waals surface area contributed by atoms with Crippen LogP contribution >= 0.6 is 0 Å². The molecule has 1 heterocycles. The lowest BCUT2D eigenvalue weighted by Gasteiger charge is -2.60. The van der Waals surface area contributed by atoms with E-state index < -0.39 is 11.5 Å². The molecule has 204 valence electrons. The van der Waals surface area contributed by atoms with Crippen molar-refractivity contribution in [3.63, 3.8) is 0 Å². The van der Waals surface area contributed by atoms with Crippen molar-refractivity contribution in [1.29, 1.82) is 0 Å². The Kier molecular flexibility index (Phi) is 5.76. The molecule has 5 aliphatic carbocycles. The highest BCUT2D eigenvalue weighted by atomic mass is 16.7. The fraction of sp³-hybridized carbons (Fsp3) is 0.935. The lowest BCUT2D eigenvalue weighted by atomic mass is 9.44. The highest BCUT2D eigenvalue weighted by Gasteiger charge is 2.81. The first kappa shape index (κ1) is 25.8. The standard InChI is InChI=1S/C31H50O5/c1-18(2)15-21-25(34)29(5,26(35-6)36-21)20-9-12-27(3)19(20)10-13-30-16-31(30)14-11-24(33)28(4,17-32)23(31)8-7-22(27)30/h15,19-26,32-34H,7-14,16-17H2,1-6H3. The number of rotatable bonds is 4. The van der Waals surface area contributed by atoms with Crippen LogP contribution in [0.2, 0.25) is 0 Å². The van der Waals surface area contributed by atoms with E-state index in [9.17, 15) is 15.3 Å². The molecule has 1 aliphatic heterocycles. The van der Waals surface area contributed by atoms with E-state index in [0.717, 1.165) is 31.3 Å². The molecule has 6 rings (SSSR count). The summed E-state index contributed by atoms with van der Waals surface area (Å²) in [5.41, 5.74) is 1.39. The Labute approximate surface area is 218 Å². The van der Waals surface area contributed by atoms with Crippen molar-refractivity contribution in [1.82, 2.24) is 0 Å². The second kappa shape index (κ2) is 8.03. The number of allylic oxidation sites excluding steroid dienone is 1. The summed E-state index contributed by atoms with van der Waals surface area (Å²) in [6, 6.07) is 0. The smallest absolute Gasteiger partial charge is 0.166 e. The van der Waals surface area contributed by atoms with Gasteiger partial charge in [-0.2, -0.15) is 0 Å². The van der Waals surface area contributed by atoms with Gasteiger partial charge >= 0.3 is 0 Å². The Morgan fingerprint density at radius 1 is 0.917 bits per heavy atom. The maximum atomic E-state index is 11.7. The molecule has 1 saturated heterocycles. The van der Waals surface area contributed by atoms with Crippen LogP contribution in [-0.4, -0.2) is 53.6 Å². The zero-order chi connectivity index (χ0) is 25.9. The zero-order valence-electron chi connectivity index (χ0n) is 23.4. The van der Waals surface area contributed by atoms with Crippen molar-refractivity contribution in [2.75, 3.05) is 13.7 Å². The van der Waals surface area contributed by atoms with E-state index in [1.54, 1.807) is 7.11 Å². The number of hydrogen-bond donors (Lipinski definition) is 3. The SMILES string of the molecule is COC1OC(C=C(C)C)C(O)C1(C)C1CCC2(C)C1CCC13CC14CCC(O)C(C)(CO)C4CCC23. The molecule has 0 amide bonds. The van der Waals surface area contributed by atoms with E-state index in [0.29, 0.717) is 34.5 Å². The van der Waals surface area contributed by atoms with Gasteiger partial charge < -0.3 is 24.8 Å². The van der Waals surface area contributed by atoms with Crippen LogP contribution in [0.15, 0.2) is 11.6 Å². The maximum absolute atomic E-state index is 11.7. The van der Waals surface area contributed by atoms with Crippen LogP contribution in [0.4, 0.5) is 0 Å². The van der Waals surface area contributed by atoms with Crippen molar-refractivity contribution < 1.29 is 24.8 Å². The fourth-order valence-corrected chi connectivity index (χ4v) is 11.9. The van der Waals surface area contributed by atoms with Gasteiger partial charge in [0.25, 0.3) is 0 Å². The molecule has 0 aromatic rings. The molecule has 3 N–H and O–H groups in total. The summed E-state index contributed by atoms with van der Waals surface area (Å²) in [5, 5.41) is 33.0. The van der Waals surface area contributed by atoms with Gasteiger partial charge in [0.1, 0.15) is 6.10 Å². The van der Waals surface area contributed by atoms with Gasteiger partial charge in [-0.15, -0.1) is 0 Å². The molecule has 6 fully saturated rings. The quantitative estimate of drug-likeness (QED) is 0.468. The topological polar surface area (TPSA) is 79.2 Å². The summed E-state index contributed by atoms with van der Waals surface area (Å²) < 4.78 is 12.3. The highest BCUT2D eigenvalue weighted by Crippen LogP contribution is 2.87. The van der Waals surface area contributed by atoms with Crippen LogP contribution in [0, 0.1) is 50.7 Å². The molecule has 13 atom stereocenters. The zero-order valence-corrected chi connectivity index (χ0v) is 23.4. The third kappa shape index (κ3) is 2.91. The van der Waals surface area contributed by atoms with Crippen molar-refractivity contribution >= 4 is 0 Å². The summed E-state index contributed by atoms with van der Waals surface area (Å²) in [6.45, 7) is 11.2. The molecule has 5 saturated carbocycles. The third-order valence-corrected chi connectivity index (χ3v) is 13.6. The van der Waals surface area contributed by atoms with Gasteiger partial charge in [-0.3, -0.25) is 0 Å². The van der Waals surface area contributed by atoms with Crippen molar-refractivity contribution in [2.24, 2.45) is 50.7 Å². The minimum Gasteiger partial charge on any atom is -0.396 e. The van der Waals surface area contributed by atoms with Gasteiger partial charge in [0, 0.05) is 12.5 Å². The maximum Gasteiger partial charge on any atom is 0.166 e. The average molecular weight is 503 g/mol. The summed E-state index contributed by atoms with van der Waals surface area (Å²) >= 11 is 0. The molecule has 13 unspecified atom stereocenters. The lowest BCUT2D eigenvalue weighted by Crippen LogP contribution is -2.57. The number of aliphatic hydroxyl groups is 3. The van der Waals surface area contributed by atoms with E-state index in [1.807, 2.05) is 0 Å². The van der Waals surface area contributed by atoms with E-state index >= 15 is 0 Å². The second-order valence-electron chi connectivity index (χ2n) is 14.9. The number of hydrogen-bond acceptors (Lipinski definition) is 5. The minimum atomic E-state index is -0.561. The first-order valence-corrected chi connectivity index (χ1v) is 14.7. The molecule has 0 radical (unpaired) electrons. The van der Waals surface area contributed by atoms with Crippen LogP contribution in [0.25, 0.3) is 0 Å². The molecule has 5 heteroatoms. The molecule has 6 aliphatic rings. The number of aliphatic hydroxyl groups excluding tert-OH is 3. The molecule has 0 aromatic heterocycles. The van der Waals surface area contributed by atoms with Crippen LogP contribution in [-0.2, 0) is 9.47 Å². The van der Waals surface area contributed by atoms with Crippen LogP contribution < -0.4 is 0 Å². The molecular weight excluding hydrogens is 452 g/mol. The Balaban J connectivity index is 1.31. The van der Waals surface area contributed by atoms with E-state index in [4.69, 9.17) is 9.47 Å². The number of methoxy groups -OCH3 is 1. The first-order chi connectivity index (χ1) is 16.9. The van der Waals surface area contributed by atoms with Crippen molar-refractivity contribution in [3.05, 3.63) is 11.6 Å². The van der Waals surface area contributed by atoms with Crippen LogP contribution in [0.5, 0.6) is 0 Å². The van der Waals surface area contributed by atoms with Gasteiger partial charge in [-0.1, -0.05) is 32.4 Å². The van der Waals surface area contributed by atoms with Gasteiger partial charge in [0.2, 0.25) is 0 Å². The summed E-state index contributed by atoms with van der Waals surface area (Å²) in [4.78, 5) is 0. The normalized spacial score (nSPS) is 59.5. The van der Waals surface area contributed by atoms with E-state index in [1.165, 1.54) is 32.1 Å². The number of fused-ring (bicyclic) bond motifs is 2. The predicted molar refractivity (Wildman–Crippen MR) is 139 cm³/mol. The van der Waals surface area contributed by atoms with Crippen molar-refractivity contribution in [3.8, 4) is 0 Å². The Hall–Kier alpha value is -0.460. The third-order valence-electron chi connectivity index (χ3n) is 13.6. The van der Waals surface area contributed by atoms with Crippen molar-refractivity contribution in [2.45, 2.75) is 117 Å². The molecule has 2 spiro atoms. The minimum absolute atomic E-state index is 0.102. The van der Waals surface area contributed by atoms with Gasteiger partial charge in [0.15, 0.2) is 6.29 Å². The predicted octanol–water partition coefficient (Wildman–Crippen LogP) is 5.07. The van der Waals surface area contributed by atoms with Crippen LogP contribution in [0.3, 0.4) is 0 Å². The summed E-state index contributed by atoms with van der Waals surface area (Å²) in [5.74, 6) is 2.12. The Bertz CT molecular complexity index is 930. The molecule has 0 aromatic carbocycles. The van der Waals surface area contributed by atoms with E-state index in [2.05, 4.69) is 40.7 Å². The molecule has 5 nitrogen and oxygen atoms in total. The van der Waals surface area contributed by atoms with Gasteiger partial charge in [-0.25, -0.2) is 0 Å². The van der Waals surface area contributed by atoms with E-state index in [-0.39, 0.29) is 35.9 Å². The fourth-order valence-electron chi connectivity index (χ4n) is 11.9. The average Bonchev–Trinajstić information content (AvgIpc) is 3.28. The molecular formula is C31H50O5. The van der Waals surface area contributed by atoms with Gasteiger partial charge in [-0.05, 0) is 112 Å². The summed E-state index contributed by atoms with van der Waals surface area (Å²) in [6.07, 6.45) is 10.9. The molecule has 36 heavy (non-hydrogen) atoms. The molecule has 0 bridgehead atoms. The Morgan fingerprint density at radius 3 is 2.22 bits per heavy atom. The van der Waals surface area contributed by atoms with Gasteiger partial charge in [0.05, 0.1) is 24.2 Å². The second-order valence-corrected chi connectivity index (χ2v) is 14.9.